The number of methoxy groups -OCH3 is 1. The Kier molecular flexibility index (Phi) is 5.08. The van der Waals surface area contributed by atoms with Crippen molar-refractivity contribution in [1.29, 1.82) is 0 Å². The number of esters is 1. The third-order valence-corrected chi connectivity index (χ3v) is 5.17. The smallest absolute Gasteiger partial charge is 0.373 e. The van der Waals surface area contributed by atoms with E-state index in [1.54, 1.807) is 24.3 Å². The number of aromatic nitrogens is 2. The monoisotopic (exact) mass is 394 g/mol. The third-order valence-electron chi connectivity index (χ3n) is 4.17. The molecular formula is C21H15FN2O3S. The minimum atomic E-state index is -0.509. The number of fused-ring (bicyclic) bond motifs is 1. The van der Waals surface area contributed by atoms with Gasteiger partial charge in [0.2, 0.25) is 5.76 Å². The number of nitrogens with zero attached hydrogens (tertiary/aromatic N) is 2. The number of halogens is 1. The number of benzene rings is 2. The maximum atomic E-state index is 13.2. The zero-order chi connectivity index (χ0) is 19.5. The molecule has 28 heavy (non-hydrogen) atoms. The fourth-order valence-electron chi connectivity index (χ4n) is 2.81. The van der Waals surface area contributed by atoms with Gasteiger partial charge in [0.1, 0.15) is 22.3 Å². The highest BCUT2D eigenvalue weighted by Crippen LogP contribution is 2.33. The molecule has 2 aromatic carbocycles. The number of carbonyl (C=O) groups excluding carboxylic acids is 1. The van der Waals surface area contributed by atoms with E-state index < -0.39 is 5.97 Å². The van der Waals surface area contributed by atoms with Gasteiger partial charge in [-0.1, -0.05) is 36.0 Å². The number of ether oxygens (including phenoxy) is 1. The minimum Gasteiger partial charge on any atom is -0.463 e. The first-order valence-corrected chi connectivity index (χ1v) is 9.45. The lowest BCUT2D eigenvalue weighted by Crippen LogP contribution is -1.98. The molecule has 0 unspecified atom stereocenters. The number of rotatable bonds is 5. The number of carbonyl (C=O) groups is 1. The molecule has 0 N–H and O–H groups in total. The first-order valence-electron chi connectivity index (χ1n) is 8.47. The second kappa shape index (κ2) is 7.82. The molecule has 0 saturated carbocycles. The van der Waals surface area contributed by atoms with Gasteiger partial charge in [-0.25, -0.2) is 9.18 Å². The van der Waals surface area contributed by atoms with Crippen LogP contribution in [0, 0.1) is 5.82 Å². The highest BCUT2D eigenvalue weighted by molar-refractivity contribution is 7.98. The fourth-order valence-corrected chi connectivity index (χ4v) is 3.68. The summed E-state index contributed by atoms with van der Waals surface area (Å²) in [5.74, 6) is 0.494. The van der Waals surface area contributed by atoms with Crippen LogP contribution in [-0.4, -0.2) is 23.3 Å². The summed E-state index contributed by atoms with van der Waals surface area (Å²) in [6.07, 6.45) is 0. The van der Waals surface area contributed by atoms with E-state index in [-0.39, 0.29) is 11.6 Å². The zero-order valence-electron chi connectivity index (χ0n) is 14.9. The Hall–Kier alpha value is -3.19. The molecule has 5 nitrogen and oxygen atoms in total. The quantitative estimate of drug-likeness (QED) is 0.346. The third kappa shape index (κ3) is 3.61. The van der Waals surface area contributed by atoms with Crippen molar-refractivity contribution in [3.63, 3.8) is 0 Å². The maximum Gasteiger partial charge on any atom is 0.373 e. The summed E-state index contributed by atoms with van der Waals surface area (Å²) in [4.78, 5) is 11.5. The molecule has 0 aliphatic rings. The highest BCUT2D eigenvalue weighted by atomic mass is 32.2. The Morgan fingerprint density at radius 2 is 1.79 bits per heavy atom. The summed E-state index contributed by atoms with van der Waals surface area (Å²) in [5.41, 5.74) is 1.50. The second-order valence-corrected chi connectivity index (χ2v) is 6.92. The van der Waals surface area contributed by atoms with Crippen LogP contribution in [0.1, 0.15) is 16.3 Å². The van der Waals surface area contributed by atoms with Crippen molar-refractivity contribution in [1.82, 2.24) is 10.2 Å². The van der Waals surface area contributed by atoms with Crippen molar-refractivity contribution >= 4 is 28.5 Å². The summed E-state index contributed by atoms with van der Waals surface area (Å²) in [7, 11) is 1.31. The largest absolute Gasteiger partial charge is 0.463 e. The Morgan fingerprint density at radius 1 is 1.04 bits per heavy atom. The summed E-state index contributed by atoms with van der Waals surface area (Å²) in [6, 6.07) is 17.3. The molecule has 4 aromatic rings. The molecule has 0 aliphatic carbocycles. The number of hydrogen-bond acceptors (Lipinski definition) is 6. The lowest BCUT2D eigenvalue weighted by atomic mass is 10.1. The van der Waals surface area contributed by atoms with Crippen LogP contribution < -0.4 is 0 Å². The maximum absolute atomic E-state index is 13.2. The molecule has 7 heteroatoms. The first-order chi connectivity index (χ1) is 13.7. The van der Waals surface area contributed by atoms with Gasteiger partial charge in [0.25, 0.3) is 0 Å². The van der Waals surface area contributed by atoms with Crippen molar-refractivity contribution in [3.05, 3.63) is 78.0 Å². The van der Waals surface area contributed by atoms with Gasteiger partial charge in [0.15, 0.2) is 0 Å². The number of thioether (sulfide) groups is 1. The van der Waals surface area contributed by atoms with Crippen molar-refractivity contribution in [2.24, 2.45) is 0 Å². The van der Waals surface area contributed by atoms with Crippen LogP contribution in [0.15, 0.2) is 70.1 Å². The van der Waals surface area contributed by atoms with Gasteiger partial charge in [0.05, 0.1) is 12.9 Å². The molecular weight excluding hydrogens is 379 g/mol. The van der Waals surface area contributed by atoms with E-state index in [1.807, 2.05) is 24.3 Å². The van der Waals surface area contributed by atoms with Crippen molar-refractivity contribution in [3.8, 4) is 11.3 Å². The molecule has 0 bridgehead atoms. The van der Waals surface area contributed by atoms with Crippen LogP contribution >= 0.6 is 11.8 Å². The van der Waals surface area contributed by atoms with Crippen LogP contribution in [0.2, 0.25) is 0 Å². The molecule has 2 aromatic heterocycles. The molecule has 0 aliphatic heterocycles. The number of hydrogen-bond donors (Lipinski definition) is 0. The van der Waals surface area contributed by atoms with Gasteiger partial charge in [0, 0.05) is 16.3 Å². The molecule has 140 valence electrons. The van der Waals surface area contributed by atoms with Crippen LogP contribution in [-0.2, 0) is 10.5 Å². The normalized spacial score (nSPS) is 10.9. The predicted molar refractivity (Wildman–Crippen MR) is 105 cm³/mol. The van der Waals surface area contributed by atoms with Gasteiger partial charge in [-0.3, -0.25) is 0 Å². The van der Waals surface area contributed by atoms with Gasteiger partial charge in [-0.05, 0) is 36.4 Å². The summed E-state index contributed by atoms with van der Waals surface area (Å²) >= 11 is 1.46. The van der Waals surface area contributed by atoms with Crippen LogP contribution in [0.25, 0.3) is 22.0 Å². The molecule has 0 fully saturated rings. The average Bonchev–Trinajstić information content (AvgIpc) is 3.21. The average molecular weight is 394 g/mol. The fraction of sp³-hybridized carbons (Fsp3) is 0.0952. The standard InChI is InChI=1S/C21H15FN2O3S/c1-26-21(25)18-11-10-15(27-18)12-28-20-17-5-3-2-4-16(17)19(23-24-20)13-6-8-14(22)9-7-13/h2-11H,12H2,1H3. The Balaban J connectivity index is 1.63. The zero-order valence-corrected chi connectivity index (χ0v) is 15.7. The molecule has 2 heterocycles. The number of furan rings is 1. The van der Waals surface area contributed by atoms with Crippen LogP contribution in [0.5, 0.6) is 0 Å². The molecule has 0 radical (unpaired) electrons. The molecule has 0 spiro atoms. The van der Waals surface area contributed by atoms with E-state index in [1.165, 1.54) is 31.0 Å². The predicted octanol–water partition coefficient (Wildman–Crippen LogP) is 5.11. The second-order valence-electron chi connectivity index (χ2n) is 5.95. The minimum absolute atomic E-state index is 0.167. The Bertz CT molecular complexity index is 1140. The molecule has 0 atom stereocenters. The van der Waals surface area contributed by atoms with E-state index in [4.69, 9.17) is 4.42 Å². The van der Waals surface area contributed by atoms with Crippen molar-refractivity contribution < 1.29 is 18.3 Å². The Labute approximate surface area is 164 Å². The van der Waals surface area contributed by atoms with Gasteiger partial charge < -0.3 is 9.15 Å². The topological polar surface area (TPSA) is 65.2 Å². The summed E-state index contributed by atoms with van der Waals surface area (Å²) < 4.78 is 23.4. The van der Waals surface area contributed by atoms with Gasteiger partial charge in [-0.2, -0.15) is 0 Å². The van der Waals surface area contributed by atoms with Gasteiger partial charge in [-0.15, -0.1) is 10.2 Å². The van der Waals surface area contributed by atoms with Crippen LogP contribution in [0.3, 0.4) is 0 Å². The Morgan fingerprint density at radius 3 is 2.54 bits per heavy atom. The summed E-state index contributed by atoms with van der Waals surface area (Å²) in [6.45, 7) is 0. The highest BCUT2D eigenvalue weighted by Gasteiger charge is 2.14. The molecule has 0 saturated heterocycles. The lowest BCUT2D eigenvalue weighted by molar-refractivity contribution is 0.0563. The molecule has 4 rings (SSSR count). The first kappa shape index (κ1) is 18.2. The SMILES string of the molecule is COC(=O)c1ccc(CSc2nnc(-c3ccc(F)cc3)c3ccccc23)o1. The molecule has 0 amide bonds. The van der Waals surface area contributed by atoms with Crippen LogP contribution in [0.4, 0.5) is 4.39 Å². The van der Waals surface area contributed by atoms with E-state index in [0.717, 1.165) is 21.4 Å². The van der Waals surface area contributed by atoms with E-state index in [2.05, 4.69) is 14.9 Å². The van der Waals surface area contributed by atoms with Gasteiger partial charge >= 0.3 is 5.97 Å². The van der Waals surface area contributed by atoms with E-state index in [9.17, 15) is 9.18 Å². The summed E-state index contributed by atoms with van der Waals surface area (Å²) in [5, 5.41) is 11.4. The lowest BCUT2D eigenvalue weighted by Gasteiger charge is -2.08. The van der Waals surface area contributed by atoms with E-state index in [0.29, 0.717) is 17.2 Å². The van der Waals surface area contributed by atoms with Crippen molar-refractivity contribution in [2.45, 2.75) is 10.8 Å². The van der Waals surface area contributed by atoms with E-state index >= 15 is 0 Å². The van der Waals surface area contributed by atoms with Crippen molar-refractivity contribution in [2.75, 3.05) is 7.11 Å².